The molecule has 1 rings (SSSR count). The van der Waals surface area contributed by atoms with Gasteiger partial charge in [-0.1, -0.05) is 37.8 Å². The first-order chi connectivity index (χ1) is 8.58. The molecule has 1 amide bonds. The van der Waals surface area contributed by atoms with E-state index in [4.69, 9.17) is 10.9 Å². The summed E-state index contributed by atoms with van der Waals surface area (Å²) in [4.78, 5) is 14.3. The topological polar surface area (TPSA) is 78.9 Å². The summed E-state index contributed by atoms with van der Waals surface area (Å²) in [7, 11) is 1.80. The summed E-state index contributed by atoms with van der Waals surface area (Å²) in [5, 5.41) is 12.1. The summed E-state index contributed by atoms with van der Waals surface area (Å²) in [6, 6.07) is 0. The van der Waals surface area contributed by atoms with Crippen LogP contribution in [0.3, 0.4) is 0 Å². The zero-order chi connectivity index (χ0) is 13.6. The summed E-state index contributed by atoms with van der Waals surface area (Å²) in [6.07, 6.45) is 6.46. The maximum atomic E-state index is 12.6. The van der Waals surface area contributed by atoms with Gasteiger partial charge >= 0.3 is 0 Å². The van der Waals surface area contributed by atoms with Crippen molar-refractivity contribution in [3.8, 4) is 0 Å². The SMILES string of the molecule is CCCCN(C)C(=O)C1(C(N)=NO)CCCCC1. The molecule has 18 heavy (non-hydrogen) atoms. The fourth-order valence-electron chi connectivity index (χ4n) is 2.69. The molecule has 0 spiro atoms. The highest BCUT2D eigenvalue weighted by molar-refractivity contribution is 6.06. The molecule has 1 saturated carbocycles. The molecule has 0 saturated heterocycles. The first-order valence-electron chi connectivity index (χ1n) is 6.82. The second kappa shape index (κ2) is 6.61. The second-order valence-corrected chi connectivity index (χ2v) is 5.21. The van der Waals surface area contributed by atoms with Crippen molar-refractivity contribution >= 4 is 11.7 Å². The van der Waals surface area contributed by atoms with Crippen molar-refractivity contribution in [2.75, 3.05) is 13.6 Å². The summed E-state index contributed by atoms with van der Waals surface area (Å²) < 4.78 is 0. The van der Waals surface area contributed by atoms with E-state index in [-0.39, 0.29) is 11.7 Å². The van der Waals surface area contributed by atoms with Gasteiger partial charge in [-0.05, 0) is 19.3 Å². The molecule has 0 aromatic heterocycles. The number of hydrogen-bond donors (Lipinski definition) is 2. The Bertz CT molecular complexity index is 309. The quantitative estimate of drug-likeness (QED) is 0.341. The van der Waals surface area contributed by atoms with E-state index in [1.165, 1.54) is 0 Å². The lowest BCUT2D eigenvalue weighted by Gasteiger charge is -2.37. The molecule has 0 aliphatic heterocycles. The van der Waals surface area contributed by atoms with E-state index in [0.717, 1.165) is 38.6 Å². The van der Waals surface area contributed by atoms with Crippen LogP contribution >= 0.6 is 0 Å². The molecule has 0 bridgehead atoms. The summed E-state index contributed by atoms with van der Waals surface area (Å²) >= 11 is 0. The minimum absolute atomic E-state index is 0.00551. The van der Waals surface area contributed by atoms with Crippen LogP contribution in [0.15, 0.2) is 5.16 Å². The third-order valence-corrected chi connectivity index (χ3v) is 3.91. The van der Waals surface area contributed by atoms with Crippen molar-refractivity contribution in [1.82, 2.24) is 4.90 Å². The number of unbranched alkanes of at least 4 members (excludes halogenated alkanes) is 1. The van der Waals surface area contributed by atoms with Crippen LogP contribution in [-0.4, -0.2) is 35.4 Å². The van der Waals surface area contributed by atoms with E-state index in [9.17, 15) is 4.79 Å². The number of nitrogens with two attached hydrogens (primary N) is 1. The van der Waals surface area contributed by atoms with Crippen LogP contribution in [0.1, 0.15) is 51.9 Å². The van der Waals surface area contributed by atoms with Crippen LogP contribution in [-0.2, 0) is 4.79 Å². The molecule has 0 atom stereocenters. The zero-order valence-corrected chi connectivity index (χ0v) is 11.5. The van der Waals surface area contributed by atoms with Gasteiger partial charge in [-0.25, -0.2) is 0 Å². The first kappa shape index (κ1) is 14.8. The smallest absolute Gasteiger partial charge is 0.236 e. The van der Waals surface area contributed by atoms with Gasteiger partial charge in [-0.15, -0.1) is 0 Å². The van der Waals surface area contributed by atoms with Gasteiger partial charge in [0.1, 0.15) is 5.41 Å². The summed E-state index contributed by atoms with van der Waals surface area (Å²) in [5.41, 5.74) is 5.03. The first-order valence-corrected chi connectivity index (χ1v) is 6.82. The standard InChI is InChI=1S/C13H25N3O2/c1-3-4-10-16(2)12(17)13(11(14)15-18)8-6-5-7-9-13/h18H,3-10H2,1-2H3,(H2,14,15). The van der Waals surface area contributed by atoms with Gasteiger partial charge < -0.3 is 15.8 Å². The van der Waals surface area contributed by atoms with Crippen LogP contribution < -0.4 is 5.73 Å². The van der Waals surface area contributed by atoms with Crippen molar-refractivity contribution in [3.63, 3.8) is 0 Å². The Morgan fingerprint density at radius 2 is 2.00 bits per heavy atom. The number of nitrogens with zero attached hydrogens (tertiary/aromatic N) is 2. The second-order valence-electron chi connectivity index (χ2n) is 5.21. The zero-order valence-electron chi connectivity index (χ0n) is 11.5. The highest BCUT2D eigenvalue weighted by atomic mass is 16.4. The third-order valence-electron chi connectivity index (χ3n) is 3.91. The number of hydrogen-bond acceptors (Lipinski definition) is 3. The van der Waals surface area contributed by atoms with Gasteiger partial charge in [-0.3, -0.25) is 4.79 Å². The molecule has 5 nitrogen and oxygen atoms in total. The van der Waals surface area contributed by atoms with Gasteiger partial charge in [0, 0.05) is 13.6 Å². The molecule has 1 aliphatic rings. The molecule has 104 valence electrons. The minimum atomic E-state index is -0.768. The van der Waals surface area contributed by atoms with Crippen molar-refractivity contribution < 1.29 is 10.0 Å². The Morgan fingerprint density at radius 3 is 2.50 bits per heavy atom. The largest absolute Gasteiger partial charge is 0.409 e. The monoisotopic (exact) mass is 255 g/mol. The van der Waals surface area contributed by atoms with E-state index in [0.29, 0.717) is 12.8 Å². The Balaban J connectivity index is 2.86. The Hall–Kier alpha value is -1.26. The normalized spacial score (nSPS) is 19.6. The van der Waals surface area contributed by atoms with E-state index in [1.807, 2.05) is 0 Å². The predicted molar refractivity (Wildman–Crippen MR) is 71.5 cm³/mol. The average molecular weight is 255 g/mol. The number of oxime groups is 1. The molecule has 0 unspecified atom stereocenters. The molecular formula is C13H25N3O2. The molecule has 3 N–H and O–H groups in total. The van der Waals surface area contributed by atoms with E-state index in [1.54, 1.807) is 11.9 Å². The molecule has 1 aliphatic carbocycles. The highest BCUT2D eigenvalue weighted by Crippen LogP contribution is 2.38. The van der Waals surface area contributed by atoms with Gasteiger partial charge in [0.15, 0.2) is 5.84 Å². The van der Waals surface area contributed by atoms with E-state index < -0.39 is 5.41 Å². The van der Waals surface area contributed by atoms with Gasteiger partial charge in [-0.2, -0.15) is 0 Å². The van der Waals surface area contributed by atoms with Crippen LogP contribution in [0.4, 0.5) is 0 Å². The lowest BCUT2D eigenvalue weighted by atomic mass is 9.72. The van der Waals surface area contributed by atoms with E-state index in [2.05, 4.69) is 12.1 Å². The van der Waals surface area contributed by atoms with Crippen molar-refractivity contribution in [2.24, 2.45) is 16.3 Å². The maximum absolute atomic E-state index is 12.6. The predicted octanol–water partition coefficient (Wildman–Crippen LogP) is 1.94. The van der Waals surface area contributed by atoms with Gasteiger partial charge in [0.05, 0.1) is 0 Å². The summed E-state index contributed by atoms with van der Waals surface area (Å²) in [5.74, 6) is 0.0847. The van der Waals surface area contributed by atoms with Crippen molar-refractivity contribution in [1.29, 1.82) is 0 Å². The molecule has 5 heteroatoms. The fraction of sp³-hybridized carbons (Fsp3) is 0.846. The van der Waals surface area contributed by atoms with Crippen molar-refractivity contribution in [2.45, 2.75) is 51.9 Å². The Labute approximate surface area is 109 Å². The number of amidine groups is 1. The molecule has 0 heterocycles. The van der Waals surface area contributed by atoms with E-state index >= 15 is 0 Å². The number of rotatable bonds is 5. The lowest BCUT2D eigenvalue weighted by Crippen LogP contribution is -2.51. The lowest BCUT2D eigenvalue weighted by molar-refractivity contribution is -0.138. The van der Waals surface area contributed by atoms with Crippen LogP contribution in [0.2, 0.25) is 0 Å². The van der Waals surface area contributed by atoms with Crippen LogP contribution in [0.25, 0.3) is 0 Å². The maximum Gasteiger partial charge on any atom is 0.236 e. The van der Waals surface area contributed by atoms with Crippen LogP contribution in [0.5, 0.6) is 0 Å². The highest BCUT2D eigenvalue weighted by Gasteiger charge is 2.45. The minimum Gasteiger partial charge on any atom is -0.409 e. The Kier molecular flexibility index (Phi) is 5.44. The third kappa shape index (κ3) is 2.94. The molecule has 0 aromatic rings. The number of carbonyl (C=O) groups is 1. The molecular weight excluding hydrogens is 230 g/mol. The average Bonchev–Trinajstić information content (AvgIpc) is 2.43. The Morgan fingerprint density at radius 1 is 1.39 bits per heavy atom. The van der Waals surface area contributed by atoms with Gasteiger partial charge in [0.2, 0.25) is 5.91 Å². The number of carbonyl (C=O) groups excluding carboxylic acids is 1. The summed E-state index contributed by atoms with van der Waals surface area (Å²) in [6.45, 7) is 2.83. The molecule has 1 fully saturated rings. The van der Waals surface area contributed by atoms with Crippen LogP contribution in [0, 0.1) is 5.41 Å². The number of amides is 1. The fourth-order valence-corrected chi connectivity index (χ4v) is 2.69. The van der Waals surface area contributed by atoms with Crippen molar-refractivity contribution in [3.05, 3.63) is 0 Å². The molecule has 0 aromatic carbocycles. The van der Waals surface area contributed by atoms with Gasteiger partial charge in [0.25, 0.3) is 0 Å². The molecule has 0 radical (unpaired) electrons.